The summed E-state index contributed by atoms with van der Waals surface area (Å²) < 4.78 is 5.03. The first-order chi connectivity index (χ1) is 12.5. The van der Waals surface area contributed by atoms with Crippen LogP contribution >= 0.6 is 11.3 Å². The second kappa shape index (κ2) is 7.57. The van der Waals surface area contributed by atoms with Crippen molar-refractivity contribution < 1.29 is 19.1 Å². The van der Waals surface area contributed by atoms with Crippen LogP contribution in [0.4, 0.5) is 9.80 Å². The summed E-state index contributed by atoms with van der Waals surface area (Å²) in [6.07, 6.45) is 0.103. The molecule has 0 unspecified atom stereocenters. The lowest BCUT2D eigenvalue weighted by molar-refractivity contribution is 0.0997. The summed E-state index contributed by atoms with van der Waals surface area (Å²) in [7, 11) is 0. The van der Waals surface area contributed by atoms with Gasteiger partial charge in [-0.1, -0.05) is 18.2 Å². The number of primary amides is 1. The van der Waals surface area contributed by atoms with E-state index in [1.54, 1.807) is 36.1 Å². The lowest BCUT2D eigenvalue weighted by Gasteiger charge is -2.26. The highest BCUT2D eigenvalue weighted by Gasteiger charge is 2.30. The maximum absolute atomic E-state index is 12.4. The number of hydrogen-bond donors (Lipinski definition) is 2. The number of fused-ring (bicyclic) bond motifs is 1. The Hall–Kier alpha value is -2.87. The van der Waals surface area contributed by atoms with Crippen molar-refractivity contribution in [3.63, 3.8) is 0 Å². The molecule has 2 heterocycles. The number of nitrogens with two attached hydrogens (primary N) is 1. The number of amides is 3. The van der Waals surface area contributed by atoms with Gasteiger partial charge in [-0.25, -0.2) is 4.79 Å². The van der Waals surface area contributed by atoms with E-state index in [1.165, 1.54) is 11.3 Å². The summed E-state index contributed by atoms with van der Waals surface area (Å²) >= 11 is 1.27. The Morgan fingerprint density at radius 2 is 2.00 bits per heavy atom. The predicted molar refractivity (Wildman–Crippen MR) is 98.4 cm³/mol. The summed E-state index contributed by atoms with van der Waals surface area (Å²) in [6, 6.07) is 8.73. The van der Waals surface area contributed by atoms with Crippen molar-refractivity contribution in [1.82, 2.24) is 4.90 Å². The van der Waals surface area contributed by atoms with Gasteiger partial charge in [-0.2, -0.15) is 0 Å². The molecule has 3 rings (SSSR count). The summed E-state index contributed by atoms with van der Waals surface area (Å²) in [5.74, 6) is -0.899. The van der Waals surface area contributed by atoms with Crippen LogP contribution in [-0.2, 0) is 17.7 Å². The number of nitrogens with zero attached hydrogens (tertiary/aromatic N) is 1. The molecule has 0 spiro atoms. The number of benzene rings is 1. The minimum Gasteiger partial charge on any atom is -0.450 e. The van der Waals surface area contributed by atoms with Crippen molar-refractivity contribution in [3.8, 4) is 0 Å². The van der Waals surface area contributed by atoms with Gasteiger partial charge >= 0.3 is 6.09 Å². The Morgan fingerprint density at radius 3 is 2.65 bits per heavy atom. The molecule has 3 amide bonds. The second-order valence-electron chi connectivity index (χ2n) is 5.76. The Morgan fingerprint density at radius 1 is 1.27 bits per heavy atom. The monoisotopic (exact) mass is 373 g/mol. The van der Waals surface area contributed by atoms with E-state index in [4.69, 9.17) is 10.5 Å². The van der Waals surface area contributed by atoms with Crippen molar-refractivity contribution in [2.75, 3.05) is 18.5 Å². The van der Waals surface area contributed by atoms with Crippen LogP contribution in [0.1, 0.15) is 38.1 Å². The predicted octanol–water partition coefficient (Wildman–Crippen LogP) is 2.61. The fourth-order valence-electron chi connectivity index (χ4n) is 2.89. The SMILES string of the molecule is CCOC(=O)N1CCc2c(sc(NC(=O)c3ccccc3)c2C(N)=O)C1. The molecule has 0 fully saturated rings. The largest absolute Gasteiger partial charge is 0.450 e. The Kier molecular flexibility index (Phi) is 5.22. The van der Waals surface area contributed by atoms with E-state index in [9.17, 15) is 14.4 Å². The number of carbonyl (C=O) groups is 3. The third-order valence-corrected chi connectivity index (χ3v) is 5.22. The maximum Gasteiger partial charge on any atom is 0.410 e. The summed E-state index contributed by atoms with van der Waals surface area (Å²) in [5, 5.41) is 3.20. The van der Waals surface area contributed by atoms with Crippen LogP contribution < -0.4 is 11.1 Å². The lowest BCUT2D eigenvalue weighted by atomic mass is 10.0. The van der Waals surface area contributed by atoms with Gasteiger partial charge in [-0.3, -0.25) is 9.59 Å². The zero-order valence-electron chi connectivity index (χ0n) is 14.3. The zero-order valence-corrected chi connectivity index (χ0v) is 15.1. The van der Waals surface area contributed by atoms with Crippen LogP contribution in [0.3, 0.4) is 0 Å². The molecule has 0 saturated heterocycles. The molecule has 3 N–H and O–H groups in total. The molecule has 0 saturated carbocycles. The standard InChI is InChI=1S/C18H19N3O4S/c1-2-25-18(24)21-9-8-12-13(10-21)26-17(14(12)15(19)22)20-16(23)11-6-4-3-5-7-11/h3-7H,2,8-10H2,1H3,(H2,19,22)(H,20,23). The highest BCUT2D eigenvalue weighted by Crippen LogP contribution is 2.37. The summed E-state index contributed by atoms with van der Waals surface area (Å²) in [4.78, 5) is 38.7. The number of nitrogens with one attached hydrogen (secondary N) is 1. The van der Waals surface area contributed by atoms with Gasteiger partial charge in [0.05, 0.1) is 18.7 Å². The van der Waals surface area contributed by atoms with Gasteiger partial charge in [0.15, 0.2) is 0 Å². The number of carbonyl (C=O) groups excluding carboxylic acids is 3. The third-order valence-electron chi connectivity index (χ3n) is 4.09. The topological polar surface area (TPSA) is 102 Å². The minimum atomic E-state index is -0.588. The molecule has 26 heavy (non-hydrogen) atoms. The Balaban J connectivity index is 1.87. The molecule has 1 aromatic carbocycles. The molecule has 1 aromatic heterocycles. The van der Waals surface area contributed by atoms with Gasteiger partial charge in [0.25, 0.3) is 11.8 Å². The maximum atomic E-state index is 12.4. The first-order valence-electron chi connectivity index (χ1n) is 8.23. The minimum absolute atomic E-state index is 0.303. The molecular weight excluding hydrogens is 354 g/mol. The number of thiophene rings is 1. The molecule has 0 bridgehead atoms. The number of hydrogen-bond acceptors (Lipinski definition) is 5. The van der Waals surface area contributed by atoms with Crippen LogP contribution in [0, 0.1) is 0 Å². The van der Waals surface area contributed by atoms with Gasteiger partial charge in [0.2, 0.25) is 0 Å². The Labute approximate surface area is 154 Å². The molecule has 1 aliphatic rings. The highest BCUT2D eigenvalue weighted by atomic mass is 32.1. The summed E-state index contributed by atoms with van der Waals surface area (Å²) in [5.41, 5.74) is 7.17. The third kappa shape index (κ3) is 3.55. The van der Waals surface area contributed by atoms with Gasteiger partial charge in [-0.15, -0.1) is 11.3 Å². The molecule has 8 heteroatoms. The average molecular weight is 373 g/mol. The van der Waals surface area contributed by atoms with E-state index >= 15 is 0 Å². The van der Waals surface area contributed by atoms with Gasteiger partial charge < -0.3 is 20.7 Å². The van der Waals surface area contributed by atoms with Crippen LogP contribution in [0.25, 0.3) is 0 Å². The van der Waals surface area contributed by atoms with Crippen LogP contribution in [0.15, 0.2) is 30.3 Å². The molecule has 1 aliphatic heterocycles. The number of rotatable bonds is 4. The molecule has 0 atom stereocenters. The quantitative estimate of drug-likeness (QED) is 0.860. The molecular formula is C18H19N3O4S. The van der Waals surface area contributed by atoms with E-state index in [0.717, 1.165) is 10.4 Å². The Bertz CT molecular complexity index is 848. The molecule has 0 radical (unpaired) electrons. The fraction of sp³-hybridized carbons (Fsp3) is 0.278. The van der Waals surface area contributed by atoms with Gasteiger partial charge in [0.1, 0.15) is 5.00 Å². The molecule has 136 valence electrons. The van der Waals surface area contributed by atoms with E-state index in [0.29, 0.717) is 42.2 Å². The van der Waals surface area contributed by atoms with Crippen LogP contribution in [-0.4, -0.2) is 36.0 Å². The van der Waals surface area contributed by atoms with Crippen molar-refractivity contribution in [2.24, 2.45) is 5.73 Å². The van der Waals surface area contributed by atoms with E-state index in [2.05, 4.69) is 5.32 Å². The first-order valence-corrected chi connectivity index (χ1v) is 9.05. The number of anilines is 1. The number of ether oxygens (including phenoxy) is 1. The molecule has 2 aromatic rings. The van der Waals surface area contributed by atoms with Crippen molar-refractivity contribution in [3.05, 3.63) is 51.9 Å². The second-order valence-corrected chi connectivity index (χ2v) is 6.87. The van der Waals surface area contributed by atoms with E-state index in [-0.39, 0.29) is 12.0 Å². The smallest absolute Gasteiger partial charge is 0.410 e. The van der Waals surface area contributed by atoms with Crippen LogP contribution in [0.2, 0.25) is 0 Å². The first kappa shape index (κ1) is 17.9. The summed E-state index contributed by atoms with van der Waals surface area (Å²) in [6.45, 7) is 2.83. The molecule has 0 aliphatic carbocycles. The van der Waals surface area contributed by atoms with Crippen molar-refractivity contribution in [2.45, 2.75) is 19.9 Å². The zero-order chi connectivity index (χ0) is 18.7. The van der Waals surface area contributed by atoms with Crippen molar-refractivity contribution in [1.29, 1.82) is 0 Å². The van der Waals surface area contributed by atoms with Gasteiger partial charge in [-0.05, 0) is 31.0 Å². The highest BCUT2D eigenvalue weighted by molar-refractivity contribution is 7.17. The fourth-order valence-corrected chi connectivity index (χ4v) is 4.15. The van der Waals surface area contributed by atoms with Crippen molar-refractivity contribution >= 4 is 34.2 Å². The normalized spacial score (nSPS) is 13.0. The van der Waals surface area contributed by atoms with Gasteiger partial charge in [0, 0.05) is 17.0 Å². The van der Waals surface area contributed by atoms with E-state index < -0.39 is 5.91 Å². The molecule has 7 nitrogen and oxygen atoms in total. The average Bonchev–Trinajstić information content (AvgIpc) is 2.99. The van der Waals surface area contributed by atoms with Crippen LogP contribution in [0.5, 0.6) is 0 Å². The van der Waals surface area contributed by atoms with E-state index in [1.807, 2.05) is 6.07 Å². The lowest BCUT2D eigenvalue weighted by Crippen LogP contribution is -2.36.